The van der Waals surface area contributed by atoms with Crippen LogP contribution in [0, 0.1) is 0 Å². The molecule has 0 bridgehead atoms. The molecule has 160 valence electrons. The summed E-state index contributed by atoms with van der Waals surface area (Å²) in [7, 11) is 0. The van der Waals surface area contributed by atoms with E-state index < -0.39 is 49.2 Å². The topological polar surface area (TPSA) is 52.6 Å². The summed E-state index contributed by atoms with van der Waals surface area (Å²) in [5, 5.41) is 0. The average Bonchev–Trinajstić information content (AvgIpc) is 2.55. The minimum atomic E-state index is -6.48. The minimum absolute atomic E-state index is 0.0648. The summed E-state index contributed by atoms with van der Waals surface area (Å²) in [4.78, 5) is 22.4. The Morgan fingerprint density at radius 3 is 1.89 bits per heavy atom. The number of halogens is 8. The van der Waals surface area contributed by atoms with Crippen LogP contribution in [0.15, 0.2) is 0 Å². The highest BCUT2D eigenvalue weighted by atomic mass is 19.4. The standard InChI is InChI=1S/C15H20F8O4/c1-2-3-4-5-6-7-26-10(24)8-11(25)27-9-13(18,19)15(22,23)14(20,21)12(16)17/h12H,2-9H2,1H3. The van der Waals surface area contributed by atoms with Crippen LogP contribution in [-0.4, -0.2) is 49.3 Å². The molecule has 0 saturated heterocycles. The number of hydrogen-bond acceptors (Lipinski definition) is 4. The number of rotatable bonds is 13. The van der Waals surface area contributed by atoms with Crippen molar-refractivity contribution in [3.8, 4) is 0 Å². The third-order valence-electron chi connectivity index (χ3n) is 3.37. The lowest BCUT2D eigenvalue weighted by Crippen LogP contribution is -2.59. The van der Waals surface area contributed by atoms with Crippen molar-refractivity contribution in [2.24, 2.45) is 0 Å². The fourth-order valence-electron chi connectivity index (χ4n) is 1.75. The molecule has 0 aromatic heterocycles. The minimum Gasteiger partial charge on any atom is -0.465 e. The maximum absolute atomic E-state index is 13.1. The normalized spacial score (nSPS) is 13.0. The summed E-state index contributed by atoms with van der Waals surface area (Å²) < 4.78 is 109. The molecule has 0 rings (SSSR count). The van der Waals surface area contributed by atoms with Crippen molar-refractivity contribution >= 4 is 11.9 Å². The Hall–Kier alpha value is -1.62. The summed E-state index contributed by atoms with van der Waals surface area (Å²) in [6.07, 6.45) is -2.22. The van der Waals surface area contributed by atoms with E-state index in [1.165, 1.54) is 0 Å². The predicted molar refractivity (Wildman–Crippen MR) is 76.1 cm³/mol. The van der Waals surface area contributed by atoms with Gasteiger partial charge in [0.2, 0.25) is 0 Å². The van der Waals surface area contributed by atoms with Gasteiger partial charge in [-0.3, -0.25) is 9.59 Å². The van der Waals surface area contributed by atoms with Crippen molar-refractivity contribution in [1.82, 2.24) is 0 Å². The summed E-state index contributed by atoms with van der Waals surface area (Å²) in [6, 6.07) is 0. The molecule has 0 heterocycles. The van der Waals surface area contributed by atoms with Crippen molar-refractivity contribution in [2.45, 2.75) is 69.6 Å². The molecule has 0 fully saturated rings. The first-order valence-electron chi connectivity index (χ1n) is 8.02. The molecule has 27 heavy (non-hydrogen) atoms. The Morgan fingerprint density at radius 1 is 0.852 bits per heavy atom. The Bertz CT molecular complexity index is 482. The number of alkyl halides is 8. The molecule has 4 nitrogen and oxygen atoms in total. The SMILES string of the molecule is CCCCCCCOC(=O)CC(=O)OCC(F)(F)C(F)(F)C(F)(F)C(F)F. The highest BCUT2D eigenvalue weighted by Gasteiger charge is 2.75. The van der Waals surface area contributed by atoms with Gasteiger partial charge in [0, 0.05) is 0 Å². The molecule has 0 atom stereocenters. The molecule has 12 heteroatoms. The number of ether oxygens (including phenoxy) is 2. The van der Waals surface area contributed by atoms with Gasteiger partial charge in [-0.15, -0.1) is 0 Å². The van der Waals surface area contributed by atoms with Crippen LogP contribution in [-0.2, 0) is 19.1 Å². The van der Waals surface area contributed by atoms with Crippen molar-refractivity contribution in [1.29, 1.82) is 0 Å². The predicted octanol–water partition coefficient (Wildman–Crippen LogP) is 4.60. The molecular weight excluding hydrogens is 396 g/mol. The van der Waals surface area contributed by atoms with E-state index in [2.05, 4.69) is 9.47 Å². The van der Waals surface area contributed by atoms with Crippen LogP contribution in [0.1, 0.15) is 45.4 Å². The van der Waals surface area contributed by atoms with E-state index in [-0.39, 0.29) is 6.61 Å². The maximum atomic E-state index is 13.1. The van der Waals surface area contributed by atoms with E-state index in [1.807, 2.05) is 6.92 Å². The van der Waals surface area contributed by atoms with Crippen molar-refractivity contribution in [3.05, 3.63) is 0 Å². The van der Waals surface area contributed by atoms with Crippen molar-refractivity contribution < 1.29 is 54.2 Å². The first-order chi connectivity index (χ1) is 12.3. The summed E-state index contributed by atoms with van der Waals surface area (Å²) >= 11 is 0. The Morgan fingerprint density at radius 2 is 1.37 bits per heavy atom. The van der Waals surface area contributed by atoms with Gasteiger partial charge >= 0.3 is 36.1 Å². The van der Waals surface area contributed by atoms with Crippen molar-refractivity contribution in [2.75, 3.05) is 13.2 Å². The van der Waals surface area contributed by atoms with Gasteiger partial charge in [-0.1, -0.05) is 32.6 Å². The van der Waals surface area contributed by atoms with Gasteiger partial charge in [0.1, 0.15) is 6.42 Å². The van der Waals surface area contributed by atoms with Crippen LogP contribution in [0.3, 0.4) is 0 Å². The molecule has 0 unspecified atom stereocenters. The van der Waals surface area contributed by atoms with E-state index in [0.717, 1.165) is 25.7 Å². The zero-order valence-corrected chi connectivity index (χ0v) is 14.4. The van der Waals surface area contributed by atoms with Gasteiger partial charge in [-0.25, -0.2) is 8.78 Å². The number of esters is 2. The fourth-order valence-corrected chi connectivity index (χ4v) is 1.75. The molecule has 0 spiro atoms. The third kappa shape index (κ3) is 7.49. The molecule has 0 amide bonds. The van der Waals surface area contributed by atoms with E-state index in [4.69, 9.17) is 0 Å². The van der Waals surface area contributed by atoms with Gasteiger partial charge in [-0.05, 0) is 6.42 Å². The summed E-state index contributed by atoms with van der Waals surface area (Å²) in [6.45, 7) is -0.685. The van der Waals surface area contributed by atoms with Crippen LogP contribution in [0.5, 0.6) is 0 Å². The number of unbranched alkanes of at least 4 members (excludes halogenated alkanes) is 4. The Labute approximate surface area is 150 Å². The monoisotopic (exact) mass is 416 g/mol. The first kappa shape index (κ1) is 25.4. The first-order valence-corrected chi connectivity index (χ1v) is 8.02. The second-order valence-corrected chi connectivity index (χ2v) is 5.67. The van der Waals surface area contributed by atoms with Crippen LogP contribution >= 0.6 is 0 Å². The average molecular weight is 416 g/mol. The van der Waals surface area contributed by atoms with Gasteiger partial charge in [0.05, 0.1) is 6.61 Å². The molecule has 0 radical (unpaired) electrons. The smallest absolute Gasteiger partial charge is 0.381 e. The third-order valence-corrected chi connectivity index (χ3v) is 3.37. The van der Waals surface area contributed by atoms with Gasteiger partial charge in [-0.2, -0.15) is 26.3 Å². The molecule has 0 saturated carbocycles. The quantitative estimate of drug-likeness (QED) is 0.191. The van der Waals surface area contributed by atoms with Gasteiger partial charge < -0.3 is 9.47 Å². The second-order valence-electron chi connectivity index (χ2n) is 5.67. The van der Waals surface area contributed by atoms with Gasteiger partial charge in [0.15, 0.2) is 6.61 Å². The largest absolute Gasteiger partial charge is 0.465 e. The molecular formula is C15H20F8O4. The lowest BCUT2D eigenvalue weighted by Gasteiger charge is -2.31. The van der Waals surface area contributed by atoms with Crippen LogP contribution in [0.25, 0.3) is 0 Å². The fraction of sp³-hybridized carbons (Fsp3) is 0.867. The lowest BCUT2D eigenvalue weighted by atomic mass is 10.1. The van der Waals surface area contributed by atoms with E-state index in [1.54, 1.807) is 0 Å². The molecule has 0 aliphatic rings. The summed E-state index contributed by atoms with van der Waals surface area (Å²) in [5.41, 5.74) is 0. The zero-order valence-electron chi connectivity index (χ0n) is 14.4. The van der Waals surface area contributed by atoms with Crippen LogP contribution in [0.2, 0.25) is 0 Å². The molecule has 0 aliphatic heterocycles. The number of carbonyl (C=O) groups excluding carboxylic acids is 2. The number of carbonyl (C=O) groups is 2. The lowest BCUT2D eigenvalue weighted by molar-refractivity contribution is -0.344. The molecule has 0 N–H and O–H groups in total. The van der Waals surface area contributed by atoms with Crippen LogP contribution < -0.4 is 0 Å². The van der Waals surface area contributed by atoms with E-state index >= 15 is 0 Å². The van der Waals surface area contributed by atoms with E-state index in [0.29, 0.717) is 6.42 Å². The molecule has 0 aliphatic carbocycles. The van der Waals surface area contributed by atoms with Crippen molar-refractivity contribution in [3.63, 3.8) is 0 Å². The Balaban J connectivity index is 4.41. The molecule has 0 aromatic carbocycles. The van der Waals surface area contributed by atoms with Gasteiger partial charge in [0.25, 0.3) is 0 Å². The number of hydrogen-bond donors (Lipinski definition) is 0. The van der Waals surface area contributed by atoms with E-state index in [9.17, 15) is 44.7 Å². The summed E-state index contributed by atoms with van der Waals surface area (Å²) in [5.74, 6) is -21.6. The maximum Gasteiger partial charge on any atom is 0.381 e. The second kappa shape index (κ2) is 10.6. The Kier molecular flexibility index (Phi) is 10.0. The van der Waals surface area contributed by atoms with Crippen LogP contribution in [0.4, 0.5) is 35.1 Å². The highest BCUT2D eigenvalue weighted by Crippen LogP contribution is 2.48. The highest BCUT2D eigenvalue weighted by molar-refractivity contribution is 5.91. The zero-order chi connectivity index (χ0) is 21.3. The molecule has 0 aromatic rings.